The molecule has 0 aromatic carbocycles. The first kappa shape index (κ1) is 21.7. The van der Waals surface area contributed by atoms with Gasteiger partial charge in [0, 0.05) is 0 Å². The molecule has 1 unspecified atom stereocenters. The van der Waals surface area contributed by atoms with E-state index in [4.69, 9.17) is 16.6 Å². The lowest BCUT2D eigenvalue weighted by Gasteiger charge is -2.09. The number of carboxylic acid groups (broad SMARTS) is 1. The fraction of sp³-hybridized carbons (Fsp3) is 0.889. The molecule has 0 fully saturated rings. The highest BCUT2D eigenvalue weighted by Crippen LogP contribution is 2.15. The molecule has 136 valence electrons. The van der Waals surface area contributed by atoms with Crippen LogP contribution in [0.2, 0.25) is 0 Å². The molecule has 23 heavy (non-hydrogen) atoms. The van der Waals surface area contributed by atoms with E-state index in [0.29, 0.717) is 6.42 Å². The number of aliphatic carboxylic acids is 1. The van der Waals surface area contributed by atoms with Crippen LogP contribution in [0.15, 0.2) is 4.99 Å². The fourth-order valence-corrected chi connectivity index (χ4v) is 2.74. The summed E-state index contributed by atoms with van der Waals surface area (Å²) in [6, 6.07) is 0. The minimum atomic E-state index is -0.807. The largest absolute Gasteiger partial charge is 0.481 e. The van der Waals surface area contributed by atoms with Crippen molar-refractivity contribution in [3.8, 4) is 0 Å². The number of guanidine groups is 1. The van der Waals surface area contributed by atoms with Crippen LogP contribution in [0.5, 0.6) is 0 Å². The highest BCUT2D eigenvalue weighted by molar-refractivity contribution is 5.76. The molecule has 5 N–H and O–H groups in total. The average molecular weight is 328 g/mol. The zero-order valence-corrected chi connectivity index (χ0v) is 14.9. The third-order valence-corrected chi connectivity index (χ3v) is 4.25. The van der Waals surface area contributed by atoms with Crippen LogP contribution in [0.4, 0.5) is 0 Å². The number of unbranched alkanes of at least 4 members (excludes halogenated alkanes) is 11. The van der Waals surface area contributed by atoms with Crippen molar-refractivity contribution in [2.75, 3.05) is 6.54 Å². The lowest BCUT2D eigenvalue weighted by molar-refractivity contribution is -0.141. The topological polar surface area (TPSA) is 102 Å². The summed E-state index contributed by atoms with van der Waals surface area (Å²) < 4.78 is 0. The van der Waals surface area contributed by atoms with E-state index >= 15 is 0 Å². The Labute approximate surface area is 141 Å². The molecule has 0 saturated heterocycles. The third-order valence-electron chi connectivity index (χ3n) is 4.25. The molecule has 0 aromatic rings. The summed E-state index contributed by atoms with van der Waals surface area (Å²) in [7, 11) is 0. The second-order valence-corrected chi connectivity index (χ2v) is 6.48. The minimum absolute atomic E-state index is 0.0362. The van der Waals surface area contributed by atoms with Crippen molar-refractivity contribution in [1.82, 2.24) is 0 Å². The standard InChI is InChI=1S/C18H37N3O2/c1-2-3-4-5-6-7-8-9-10-11-12-13-14-16(17(22)23)15-21-18(19)20/h16H,2-15H2,1H3,(H,22,23)(H4,19,20,21). The van der Waals surface area contributed by atoms with Crippen molar-refractivity contribution in [2.45, 2.75) is 90.4 Å². The van der Waals surface area contributed by atoms with E-state index in [0.717, 1.165) is 12.8 Å². The molecule has 0 heterocycles. The Morgan fingerprint density at radius 2 is 1.30 bits per heavy atom. The summed E-state index contributed by atoms with van der Waals surface area (Å²) in [6.45, 7) is 2.44. The number of nitrogens with two attached hydrogens (primary N) is 2. The Morgan fingerprint density at radius 1 is 0.870 bits per heavy atom. The van der Waals surface area contributed by atoms with Crippen LogP contribution >= 0.6 is 0 Å². The summed E-state index contributed by atoms with van der Waals surface area (Å²) >= 11 is 0. The Bertz CT molecular complexity index is 315. The van der Waals surface area contributed by atoms with Gasteiger partial charge in [-0.25, -0.2) is 0 Å². The molecule has 1 atom stereocenters. The van der Waals surface area contributed by atoms with Crippen LogP contribution in [-0.4, -0.2) is 23.6 Å². The van der Waals surface area contributed by atoms with Crippen LogP contribution in [0.3, 0.4) is 0 Å². The van der Waals surface area contributed by atoms with Gasteiger partial charge < -0.3 is 16.6 Å². The van der Waals surface area contributed by atoms with Crippen molar-refractivity contribution >= 4 is 11.9 Å². The number of carbonyl (C=O) groups is 1. The van der Waals surface area contributed by atoms with E-state index in [-0.39, 0.29) is 12.5 Å². The van der Waals surface area contributed by atoms with Crippen molar-refractivity contribution in [1.29, 1.82) is 0 Å². The quantitative estimate of drug-likeness (QED) is 0.226. The van der Waals surface area contributed by atoms with Gasteiger partial charge in [-0.2, -0.15) is 0 Å². The molecule has 0 aliphatic heterocycles. The van der Waals surface area contributed by atoms with Crippen molar-refractivity contribution < 1.29 is 9.90 Å². The molecule has 0 saturated carbocycles. The maximum Gasteiger partial charge on any atom is 0.308 e. The minimum Gasteiger partial charge on any atom is -0.481 e. The molecule has 0 aromatic heterocycles. The van der Waals surface area contributed by atoms with E-state index in [1.807, 2.05) is 0 Å². The normalized spacial score (nSPS) is 12.0. The van der Waals surface area contributed by atoms with Gasteiger partial charge in [-0.1, -0.05) is 84.0 Å². The van der Waals surface area contributed by atoms with Gasteiger partial charge in [-0.3, -0.25) is 9.79 Å². The monoisotopic (exact) mass is 327 g/mol. The van der Waals surface area contributed by atoms with E-state index in [1.54, 1.807) is 0 Å². The van der Waals surface area contributed by atoms with Crippen LogP contribution < -0.4 is 11.5 Å². The number of carboxylic acids is 1. The fourth-order valence-electron chi connectivity index (χ4n) is 2.74. The smallest absolute Gasteiger partial charge is 0.308 e. The van der Waals surface area contributed by atoms with Gasteiger partial charge in [0.2, 0.25) is 0 Å². The molecular weight excluding hydrogens is 290 g/mol. The summed E-state index contributed by atoms with van der Waals surface area (Å²) in [4.78, 5) is 14.9. The van der Waals surface area contributed by atoms with Gasteiger partial charge in [0.05, 0.1) is 12.5 Å². The zero-order chi connectivity index (χ0) is 17.3. The van der Waals surface area contributed by atoms with Crippen LogP contribution in [0.1, 0.15) is 90.4 Å². The predicted molar refractivity (Wildman–Crippen MR) is 97.5 cm³/mol. The van der Waals surface area contributed by atoms with Gasteiger partial charge in [-0.15, -0.1) is 0 Å². The van der Waals surface area contributed by atoms with Crippen molar-refractivity contribution in [3.05, 3.63) is 0 Å². The Kier molecular flexibility index (Phi) is 14.8. The Morgan fingerprint density at radius 3 is 1.70 bits per heavy atom. The average Bonchev–Trinajstić information content (AvgIpc) is 2.50. The molecule has 0 spiro atoms. The zero-order valence-electron chi connectivity index (χ0n) is 14.9. The van der Waals surface area contributed by atoms with Crippen LogP contribution in [0.25, 0.3) is 0 Å². The molecule has 0 aliphatic rings. The number of rotatable bonds is 16. The van der Waals surface area contributed by atoms with Gasteiger partial charge in [0.25, 0.3) is 0 Å². The predicted octanol–water partition coefficient (Wildman–Crippen LogP) is 4.05. The number of hydrogen-bond acceptors (Lipinski definition) is 2. The Balaban J connectivity index is 3.43. The first-order valence-corrected chi connectivity index (χ1v) is 9.36. The molecule has 5 heteroatoms. The highest BCUT2D eigenvalue weighted by Gasteiger charge is 2.16. The van der Waals surface area contributed by atoms with Gasteiger partial charge in [-0.05, 0) is 6.42 Å². The first-order chi connectivity index (χ1) is 11.1. The van der Waals surface area contributed by atoms with Gasteiger partial charge in [0.1, 0.15) is 0 Å². The SMILES string of the molecule is CCCCCCCCCCCCCCC(CN=C(N)N)C(=O)O. The lowest BCUT2D eigenvalue weighted by atomic mass is 10.00. The summed E-state index contributed by atoms with van der Waals surface area (Å²) in [5, 5.41) is 9.11. The highest BCUT2D eigenvalue weighted by atomic mass is 16.4. The number of aliphatic imine (C=N–C) groups is 1. The summed E-state index contributed by atoms with van der Waals surface area (Å²) in [5.41, 5.74) is 10.5. The molecular formula is C18H37N3O2. The first-order valence-electron chi connectivity index (χ1n) is 9.36. The number of nitrogens with zero attached hydrogens (tertiary/aromatic N) is 1. The van der Waals surface area contributed by atoms with E-state index in [2.05, 4.69) is 11.9 Å². The van der Waals surface area contributed by atoms with Crippen molar-refractivity contribution in [3.63, 3.8) is 0 Å². The maximum atomic E-state index is 11.1. The molecule has 0 bridgehead atoms. The van der Waals surface area contributed by atoms with Crippen LogP contribution in [-0.2, 0) is 4.79 Å². The molecule has 0 amide bonds. The molecule has 0 radical (unpaired) electrons. The number of hydrogen-bond donors (Lipinski definition) is 3. The second-order valence-electron chi connectivity index (χ2n) is 6.48. The van der Waals surface area contributed by atoms with Gasteiger partial charge >= 0.3 is 5.97 Å². The van der Waals surface area contributed by atoms with E-state index in [9.17, 15) is 4.79 Å². The second kappa shape index (κ2) is 15.6. The molecule has 0 rings (SSSR count). The molecule has 0 aliphatic carbocycles. The van der Waals surface area contributed by atoms with Gasteiger partial charge in [0.15, 0.2) is 5.96 Å². The third kappa shape index (κ3) is 15.4. The molecule has 5 nitrogen and oxygen atoms in total. The van der Waals surface area contributed by atoms with E-state index in [1.165, 1.54) is 64.2 Å². The Hall–Kier alpha value is -1.26. The van der Waals surface area contributed by atoms with Crippen LogP contribution in [0, 0.1) is 5.92 Å². The summed E-state index contributed by atoms with van der Waals surface area (Å²) in [5.74, 6) is -1.30. The summed E-state index contributed by atoms with van der Waals surface area (Å²) in [6.07, 6.45) is 16.0. The van der Waals surface area contributed by atoms with E-state index < -0.39 is 11.9 Å². The van der Waals surface area contributed by atoms with Crippen molar-refractivity contribution in [2.24, 2.45) is 22.4 Å². The maximum absolute atomic E-state index is 11.1. The lowest BCUT2D eigenvalue weighted by Crippen LogP contribution is -2.25.